The first kappa shape index (κ1) is 15.0. The van der Waals surface area contributed by atoms with Crippen molar-refractivity contribution in [3.05, 3.63) is 38.3 Å². The van der Waals surface area contributed by atoms with Crippen molar-refractivity contribution in [1.82, 2.24) is 4.90 Å². The number of fused-ring (bicyclic) bond motifs is 2. The molecular formula is C16H21BrN2O2. The van der Waals surface area contributed by atoms with Crippen molar-refractivity contribution in [2.24, 2.45) is 17.8 Å². The third kappa shape index (κ3) is 3.29. The van der Waals surface area contributed by atoms with Crippen LogP contribution in [0.25, 0.3) is 0 Å². The summed E-state index contributed by atoms with van der Waals surface area (Å²) < 4.78 is 0.548. The molecule has 0 spiro atoms. The minimum absolute atomic E-state index is 0.154. The normalized spacial score (nSPS) is 27.5. The Hall–Kier alpha value is -0.940. The van der Waals surface area contributed by atoms with E-state index in [9.17, 15) is 10.1 Å². The van der Waals surface area contributed by atoms with Crippen molar-refractivity contribution < 1.29 is 4.92 Å². The van der Waals surface area contributed by atoms with Crippen LogP contribution in [0.3, 0.4) is 0 Å². The van der Waals surface area contributed by atoms with Crippen LogP contribution >= 0.6 is 15.9 Å². The number of halogens is 1. The van der Waals surface area contributed by atoms with Gasteiger partial charge in [0.25, 0.3) is 5.69 Å². The Morgan fingerprint density at radius 1 is 1.38 bits per heavy atom. The molecule has 2 aliphatic rings. The first-order chi connectivity index (χ1) is 10.0. The van der Waals surface area contributed by atoms with Gasteiger partial charge in [-0.25, -0.2) is 0 Å². The Kier molecular flexibility index (Phi) is 4.31. The molecule has 114 valence electrons. The lowest BCUT2D eigenvalue weighted by atomic mass is 9.88. The van der Waals surface area contributed by atoms with Gasteiger partial charge in [0, 0.05) is 19.2 Å². The van der Waals surface area contributed by atoms with Crippen LogP contribution in [0.1, 0.15) is 31.2 Å². The molecule has 0 amide bonds. The van der Waals surface area contributed by atoms with Gasteiger partial charge in [-0.2, -0.15) is 0 Å². The van der Waals surface area contributed by atoms with Crippen LogP contribution < -0.4 is 0 Å². The molecular weight excluding hydrogens is 332 g/mol. The summed E-state index contributed by atoms with van der Waals surface area (Å²) >= 11 is 3.23. The number of hydrogen-bond donors (Lipinski definition) is 0. The van der Waals surface area contributed by atoms with Crippen molar-refractivity contribution in [2.75, 3.05) is 13.6 Å². The van der Waals surface area contributed by atoms with Crippen LogP contribution in [0.15, 0.2) is 22.7 Å². The van der Waals surface area contributed by atoms with Crippen LogP contribution in [0.2, 0.25) is 0 Å². The fourth-order valence-electron chi connectivity index (χ4n) is 4.17. The number of nitro groups is 1. The van der Waals surface area contributed by atoms with E-state index in [2.05, 4.69) is 27.9 Å². The first-order valence-electron chi connectivity index (χ1n) is 7.64. The summed E-state index contributed by atoms with van der Waals surface area (Å²) in [4.78, 5) is 13.0. The highest BCUT2D eigenvalue weighted by Crippen LogP contribution is 2.48. The molecule has 0 heterocycles. The molecule has 0 saturated heterocycles. The molecule has 0 aliphatic heterocycles. The lowest BCUT2D eigenvalue weighted by molar-refractivity contribution is -0.385. The smallest absolute Gasteiger partial charge is 0.283 e. The minimum Gasteiger partial charge on any atom is -0.302 e. The van der Waals surface area contributed by atoms with Gasteiger partial charge in [0.05, 0.1) is 9.40 Å². The van der Waals surface area contributed by atoms with Crippen molar-refractivity contribution in [1.29, 1.82) is 0 Å². The average molecular weight is 353 g/mol. The van der Waals surface area contributed by atoms with Crippen LogP contribution in [0, 0.1) is 27.9 Å². The van der Waals surface area contributed by atoms with Crippen molar-refractivity contribution in [2.45, 2.75) is 32.2 Å². The second-order valence-electron chi connectivity index (χ2n) is 6.67. The van der Waals surface area contributed by atoms with Crippen molar-refractivity contribution >= 4 is 21.6 Å². The van der Waals surface area contributed by atoms with E-state index in [0.717, 1.165) is 36.4 Å². The molecule has 1 aromatic carbocycles. The maximum atomic E-state index is 11.0. The van der Waals surface area contributed by atoms with Gasteiger partial charge in [-0.1, -0.05) is 12.5 Å². The Labute approximate surface area is 133 Å². The molecule has 2 bridgehead atoms. The summed E-state index contributed by atoms with van der Waals surface area (Å²) in [7, 11) is 2.12. The lowest BCUT2D eigenvalue weighted by Crippen LogP contribution is -2.28. The van der Waals surface area contributed by atoms with Gasteiger partial charge in [0.15, 0.2) is 0 Å². The van der Waals surface area contributed by atoms with Gasteiger partial charge < -0.3 is 4.90 Å². The van der Waals surface area contributed by atoms with Crippen LogP contribution in [0.5, 0.6) is 0 Å². The number of hydrogen-bond acceptors (Lipinski definition) is 3. The van der Waals surface area contributed by atoms with Crippen LogP contribution in [0.4, 0.5) is 5.69 Å². The number of rotatable bonds is 5. The van der Waals surface area contributed by atoms with E-state index in [4.69, 9.17) is 0 Å². The van der Waals surface area contributed by atoms with E-state index >= 15 is 0 Å². The highest BCUT2D eigenvalue weighted by molar-refractivity contribution is 9.10. The fraction of sp³-hybridized carbons (Fsp3) is 0.625. The third-order valence-corrected chi connectivity index (χ3v) is 5.76. The molecule has 2 saturated carbocycles. The van der Waals surface area contributed by atoms with Crippen molar-refractivity contribution in [3.8, 4) is 0 Å². The summed E-state index contributed by atoms with van der Waals surface area (Å²) in [5, 5.41) is 11.0. The van der Waals surface area contributed by atoms with Gasteiger partial charge in [-0.3, -0.25) is 10.1 Å². The van der Waals surface area contributed by atoms with E-state index in [-0.39, 0.29) is 10.6 Å². The highest BCUT2D eigenvalue weighted by Gasteiger charge is 2.39. The van der Waals surface area contributed by atoms with Gasteiger partial charge in [0.1, 0.15) is 0 Å². The molecule has 0 radical (unpaired) electrons. The average Bonchev–Trinajstić information content (AvgIpc) is 3.03. The molecule has 4 nitrogen and oxygen atoms in total. The standard InChI is InChI=1S/C16H21BrN2O2/c1-18(10-14-7-11-2-4-13(14)6-11)9-12-3-5-15(17)16(8-12)19(20)21/h3,5,8,11,13-14H,2,4,6-7,9-10H2,1H3. The first-order valence-corrected chi connectivity index (χ1v) is 8.43. The molecule has 3 unspecified atom stereocenters. The molecule has 5 heteroatoms. The molecule has 0 aromatic heterocycles. The predicted molar refractivity (Wildman–Crippen MR) is 86.1 cm³/mol. The molecule has 2 fully saturated rings. The zero-order valence-electron chi connectivity index (χ0n) is 12.3. The molecule has 1 aromatic rings. The molecule has 21 heavy (non-hydrogen) atoms. The van der Waals surface area contributed by atoms with Crippen LogP contribution in [-0.4, -0.2) is 23.4 Å². The fourth-order valence-corrected chi connectivity index (χ4v) is 4.56. The Morgan fingerprint density at radius 2 is 2.19 bits per heavy atom. The summed E-state index contributed by atoms with van der Waals surface area (Å²) in [5.74, 6) is 2.73. The number of nitro benzene ring substituents is 1. The van der Waals surface area contributed by atoms with E-state index in [1.807, 2.05) is 6.07 Å². The second-order valence-corrected chi connectivity index (χ2v) is 7.53. The predicted octanol–water partition coefficient (Wildman–Crippen LogP) is 4.23. The zero-order chi connectivity index (χ0) is 15.0. The maximum Gasteiger partial charge on any atom is 0.283 e. The second kappa shape index (κ2) is 6.05. The topological polar surface area (TPSA) is 46.4 Å². The van der Waals surface area contributed by atoms with E-state index in [1.165, 1.54) is 25.7 Å². The largest absolute Gasteiger partial charge is 0.302 e. The molecule has 3 rings (SSSR count). The summed E-state index contributed by atoms with van der Waals surface area (Å²) in [5.41, 5.74) is 1.16. The summed E-state index contributed by atoms with van der Waals surface area (Å²) in [6.45, 7) is 1.90. The highest BCUT2D eigenvalue weighted by atomic mass is 79.9. The Morgan fingerprint density at radius 3 is 2.81 bits per heavy atom. The Balaban J connectivity index is 1.61. The zero-order valence-corrected chi connectivity index (χ0v) is 13.9. The van der Waals surface area contributed by atoms with Gasteiger partial charge in [-0.15, -0.1) is 0 Å². The molecule has 2 aliphatic carbocycles. The number of nitrogens with zero attached hydrogens (tertiary/aromatic N) is 2. The monoisotopic (exact) mass is 352 g/mol. The van der Waals surface area contributed by atoms with Crippen molar-refractivity contribution in [3.63, 3.8) is 0 Å². The van der Waals surface area contributed by atoms with E-state index in [0.29, 0.717) is 4.47 Å². The Bertz CT molecular complexity index is 549. The third-order valence-electron chi connectivity index (χ3n) is 5.09. The molecule has 0 N–H and O–H groups in total. The van der Waals surface area contributed by atoms with Gasteiger partial charge in [0.2, 0.25) is 0 Å². The molecule has 3 atom stereocenters. The van der Waals surface area contributed by atoms with Crippen LogP contribution in [-0.2, 0) is 6.54 Å². The minimum atomic E-state index is -0.330. The quantitative estimate of drug-likeness (QED) is 0.588. The lowest BCUT2D eigenvalue weighted by Gasteiger charge is -2.27. The summed E-state index contributed by atoms with van der Waals surface area (Å²) in [6, 6.07) is 5.43. The SMILES string of the molecule is CN(Cc1ccc(Br)c([N+](=O)[O-])c1)CC1CC2CCC1C2. The summed E-state index contributed by atoms with van der Waals surface area (Å²) in [6.07, 6.45) is 5.66. The number of benzene rings is 1. The maximum absolute atomic E-state index is 11.0. The van der Waals surface area contributed by atoms with E-state index < -0.39 is 0 Å². The van der Waals surface area contributed by atoms with E-state index in [1.54, 1.807) is 12.1 Å². The van der Waals surface area contributed by atoms with Gasteiger partial charge in [-0.05, 0) is 71.6 Å². The van der Waals surface area contributed by atoms with Gasteiger partial charge >= 0.3 is 0 Å².